The Morgan fingerprint density at radius 1 is 1.23 bits per heavy atom. The van der Waals surface area contributed by atoms with Crippen LogP contribution < -0.4 is 4.72 Å². The first-order chi connectivity index (χ1) is 13.5. The topological polar surface area (TPSA) is 75.7 Å². The minimum Gasteiger partial charge on any atom is -0.598 e. The lowest BCUT2D eigenvalue weighted by Gasteiger charge is -2.42. The highest BCUT2D eigenvalue weighted by atomic mass is 32.2. The SMILES string of the molecule is CC1(C)OC[C@H]([C@H](N[S+]([O-])C(C)(C)C)C(O[Si](C)(C)C(C)(C)C)c2ccccn2)O1. The highest BCUT2D eigenvalue weighted by Gasteiger charge is 2.48. The number of hydrogen-bond acceptors (Lipinski definition) is 6. The van der Waals surface area contributed by atoms with Crippen LogP contribution in [-0.2, 0) is 25.3 Å². The van der Waals surface area contributed by atoms with Gasteiger partial charge in [0, 0.05) is 17.6 Å². The molecule has 30 heavy (non-hydrogen) atoms. The van der Waals surface area contributed by atoms with Gasteiger partial charge in [-0.05, 0) is 64.9 Å². The molecule has 1 aliphatic rings. The second kappa shape index (κ2) is 9.17. The minimum absolute atomic E-state index is 0.0140. The van der Waals surface area contributed by atoms with Gasteiger partial charge < -0.3 is 18.5 Å². The first-order valence-corrected chi connectivity index (χ1v) is 14.7. The molecule has 0 aliphatic carbocycles. The summed E-state index contributed by atoms with van der Waals surface area (Å²) < 4.78 is 35.0. The van der Waals surface area contributed by atoms with E-state index < -0.39 is 36.3 Å². The number of pyridine rings is 1. The summed E-state index contributed by atoms with van der Waals surface area (Å²) in [7, 11) is -2.17. The molecule has 0 spiro atoms. The van der Waals surface area contributed by atoms with Gasteiger partial charge in [0.05, 0.1) is 12.3 Å². The maximum absolute atomic E-state index is 13.1. The van der Waals surface area contributed by atoms with Gasteiger partial charge in [0.15, 0.2) is 14.1 Å². The average molecular weight is 457 g/mol. The van der Waals surface area contributed by atoms with Crippen LogP contribution in [0.1, 0.15) is 67.2 Å². The third-order valence-electron chi connectivity index (χ3n) is 5.76. The van der Waals surface area contributed by atoms with Crippen molar-refractivity contribution in [3.8, 4) is 0 Å². The zero-order valence-electron chi connectivity index (χ0n) is 20.2. The Morgan fingerprint density at radius 3 is 2.30 bits per heavy atom. The summed E-state index contributed by atoms with van der Waals surface area (Å²) in [6, 6.07) is 5.43. The minimum atomic E-state index is -2.17. The Kier molecular flexibility index (Phi) is 7.88. The molecule has 6 nitrogen and oxygen atoms in total. The van der Waals surface area contributed by atoms with Crippen molar-refractivity contribution in [3.05, 3.63) is 30.1 Å². The van der Waals surface area contributed by atoms with Gasteiger partial charge in [0.1, 0.15) is 23.0 Å². The van der Waals surface area contributed by atoms with Crippen LogP contribution in [-0.4, -0.2) is 47.1 Å². The first-order valence-electron chi connectivity index (χ1n) is 10.6. The lowest BCUT2D eigenvalue weighted by atomic mass is 10.0. The maximum atomic E-state index is 13.1. The van der Waals surface area contributed by atoms with E-state index >= 15 is 0 Å². The molecular formula is C22H40N2O4SSi. The van der Waals surface area contributed by atoms with E-state index in [4.69, 9.17) is 13.9 Å². The summed E-state index contributed by atoms with van der Waals surface area (Å²) in [5.41, 5.74) is 0.805. The molecule has 1 aromatic heterocycles. The van der Waals surface area contributed by atoms with E-state index in [1.807, 2.05) is 52.8 Å². The van der Waals surface area contributed by atoms with Gasteiger partial charge in [-0.25, -0.2) is 0 Å². The molecule has 1 saturated heterocycles. The average Bonchev–Trinajstić information content (AvgIpc) is 2.96. The van der Waals surface area contributed by atoms with Gasteiger partial charge in [-0.15, -0.1) is 4.72 Å². The number of hydrogen-bond donors (Lipinski definition) is 1. The Balaban J connectivity index is 2.48. The predicted octanol–water partition coefficient (Wildman–Crippen LogP) is 4.72. The molecule has 0 amide bonds. The second-order valence-electron chi connectivity index (χ2n) is 10.9. The number of nitrogens with one attached hydrogen (secondary N) is 1. The van der Waals surface area contributed by atoms with Crippen molar-refractivity contribution in [2.24, 2.45) is 0 Å². The molecule has 8 heteroatoms. The van der Waals surface area contributed by atoms with E-state index in [0.29, 0.717) is 6.61 Å². The van der Waals surface area contributed by atoms with Crippen LogP contribution in [0.4, 0.5) is 0 Å². The van der Waals surface area contributed by atoms with Crippen LogP contribution in [0.3, 0.4) is 0 Å². The summed E-state index contributed by atoms with van der Waals surface area (Å²) in [6.07, 6.45) is 1.04. The molecule has 2 unspecified atom stereocenters. The Bertz CT molecular complexity index is 689. The van der Waals surface area contributed by atoms with Crippen molar-refractivity contribution in [1.29, 1.82) is 0 Å². The second-order valence-corrected chi connectivity index (χ2v) is 17.7. The molecule has 2 heterocycles. The molecule has 0 aromatic carbocycles. The van der Waals surface area contributed by atoms with Crippen LogP contribution in [0, 0.1) is 0 Å². The third-order valence-corrected chi connectivity index (χ3v) is 11.8. The quantitative estimate of drug-likeness (QED) is 0.473. The number of rotatable bonds is 7. The van der Waals surface area contributed by atoms with Crippen LogP contribution in [0.25, 0.3) is 0 Å². The standard InChI is InChI=1S/C22H40N2O4SSi/c1-20(2,3)29(25)24-18(17-15-26-22(7,8)27-17)19(16-13-11-12-14-23-16)28-30(9,10)21(4,5)6/h11-14,17-19,24H,15H2,1-10H3/t17-,18+,19?,29?/m1/s1. The van der Waals surface area contributed by atoms with Crippen molar-refractivity contribution in [3.63, 3.8) is 0 Å². The summed E-state index contributed by atoms with van der Waals surface area (Å²) in [6.45, 7) is 21.1. The van der Waals surface area contributed by atoms with E-state index in [9.17, 15) is 4.55 Å². The van der Waals surface area contributed by atoms with Crippen molar-refractivity contribution < 1.29 is 18.5 Å². The van der Waals surface area contributed by atoms with E-state index in [1.54, 1.807) is 6.20 Å². The molecule has 172 valence electrons. The Morgan fingerprint density at radius 2 is 1.87 bits per heavy atom. The fourth-order valence-electron chi connectivity index (χ4n) is 2.88. The van der Waals surface area contributed by atoms with Gasteiger partial charge >= 0.3 is 0 Å². The monoisotopic (exact) mass is 456 g/mol. The molecule has 0 radical (unpaired) electrons. The van der Waals surface area contributed by atoms with Crippen molar-refractivity contribution in [2.45, 2.75) is 102 Å². The van der Waals surface area contributed by atoms with Gasteiger partial charge in [0.25, 0.3) is 0 Å². The third kappa shape index (κ3) is 6.51. The number of ether oxygens (including phenoxy) is 2. The molecule has 2 rings (SSSR count). The van der Waals surface area contributed by atoms with Crippen molar-refractivity contribution in [1.82, 2.24) is 9.71 Å². The zero-order valence-corrected chi connectivity index (χ0v) is 22.1. The molecule has 4 atom stereocenters. The zero-order chi connectivity index (χ0) is 23.0. The number of aromatic nitrogens is 1. The molecule has 0 saturated carbocycles. The smallest absolute Gasteiger partial charge is 0.193 e. The summed E-state index contributed by atoms with van der Waals surface area (Å²) in [5.74, 6) is -0.695. The van der Waals surface area contributed by atoms with E-state index in [2.05, 4.69) is 43.6 Å². The summed E-state index contributed by atoms with van der Waals surface area (Å²) >= 11 is -1.31. The van der Waals surface area contributed by atoms with Crippen molar-refractivity contribution >= 4 is 19.7 Å². The Hall–Kier alpha value is -0.483. The van der Waals surface area contributed by atoms with Crippen LogP contribution in [0.5, 0.6) is 0 Å². The van der Waals surface area contributed by atoms with E-state index in [-0.39, 0.29) is 17.2 Å². The highest BCUT2D eigenvalue weighted by molar-refractivity contribution is 7.90. The molecule has 1 N–H and O–H groups in total. The summed E-state index contributed by atoms with van der Waals surface area (Å²) in [4.78, 5) is 4.61. The van der Waals surface area contributed by atoms with Crippen LogP contribution in [0.2, 0.25) is 18.1 Å². The van der Waals surface area contributed by atoms with Crippen LogP contribution >= 0.6 is 0 Å². The van der Waals surface area contributed by atoms with Gasteiger partial charge in [-0.2, -0.15) is 0 Å². The maximum Gasteiger partial charge on any atom is 0.193 e. The molecule has 1 fully saturated rings. The lowest BCUT2D eigenvalue weighted by molar-refractivity contribution is -0.144. The van der Waals surface area contributed by atoms with Gasteiger partial charge in [-0.3, -0.25) is 4.98 Å². The predicted molar refractivity (Wildman–Crippen MR) is 125 cm³/mol. The molecular weight excluding hydrogens is 416 g/mol. The lowest BCUT2D eigenvalue weighted by Crippen LogP contribution is -2.55. The normalized spacial score (nSPS) is 23.2. The molecule has 1 aromatic rings. The fourth-order valence-corrected chi connectivity index (χ4v) is 5.01. The van der Waals surface area contributed by atoms with Gasteiger partial charge in [0.2, 0.25) is 0 Å². The number of nitrogens with zero attached hydrogens (tertiary/aromatic N) is 1. The largest absolute Gasteiger partial charge is 0.598 e. The first kappa shape index (κ1) is 25.8. The molecule has 0 bridgehead atoms. The van der Waals surface area contributed by atoms with E-state index in [1.165, 1.54) is 0 Å². The van der Waals surface area contributed by atoms with Gasteiger partial charge in [-0.1, -0.05) is 26.8 Å². The van der Waals surface area contributed by atoms with Crippen molar-refractivity contribution in [2.75, 3.05) is 6.61 Å². The Labute approximate surface area is 186 Å². The fraction of sp³-hybridized carbons (Fsp3) is 0.773. The van der Waals surface area contributed by atoms with E-state index in [0.717, 1.165) is 5.69 Å². The highest BCUT2D eigenvalue weighted by Crippen LogP contribution is 2.42. The summed E-state index contributed by atoms with van der Waals surface area (Å²) in [5, 5.41) is 0.0140. The van der Waals surface area contributed by atoms with Crippen LogP contribution in [0.15, 0.2) is 24.4 Å². The molecule has 1 aliphatic heterocycles.